The molecule has 188 valence electrons. The summed E-state index contributed by atoms with van der Waals surface area (Å²) in [6, 6.07) is 3.60. The maximum Gasteiger partial charge on any atom is 0.248 e. The number of carbonyl (C=O) groups excluding carboxylic acids is 1. The van der Waals surface area contributed by atoms with E-state index in [9.17, 15) is 13.2 Å². The van der Waals surface area contributed by atoms with Crippen LogP contribution >= 0.6 is 0 Å². The number of ether oxygens (including phenoxy) is 2. The van der Waals surface area contributed by atoms with Crippen LogP contribution in [0.2, 0.25) is 0 Å². The number of carbonyl (C=O) groups is 1. The molecule has 0 N–H and O–H groups in total. The Hall–Kier alpha value is -1.68. The van der Waals surface area contributed by atoms with Crippen LogP contribution in [0, 0.1) is 13.8 Å². The molecule has 0 unspecified atom stereocenters. The highest BCUT2D eigenvalue weighted by Gasteiger charge is 2.32. The quantitative estimate of drug-likeness (QED) is 0.482. The fourth-order valence-corrected chi connectivity index (χ4v) is 6.55. The van der Waals surface area contributed by atoms with Crippen molar-refractivity contribution in [2.45, 2.75) is 64.9 Å². The molecule has 0 aliphatic carbocycles. The Bertz CT molecular complexity index is 872. The smallest absolute Gasteiger partial charge is 0.248 e. The number of hydrogen-bond acceptors (Lipinski definition) is 6. The van der Waals surface area contributed by atoms with E-state index in [4.69, 9.17) is 9.47 Å². The lowest BCUT2D eigenvalue weighted by Crippen LogP contribution is -2.51. The molecule has 0 aromatic heterocycles. The number of aryl methyl sites for hydroxylation is 2. The highest BCUT2D eigenvalue weighted by molar-refractivity contribution is 7.89. The Morgan fingerprint density at radius 2 is 1.67 bits per heavy atom. The van der Waals surface area contributed by atoms with Gasteiger partial charge in [-0.25, -0.2) is 8.42 Å². The van der Waals surface area contributed by atoms with E-state index in [1.54, 1.807) is 33.1 Å². The molecule has 1 amide bonds. The van der Waals surface area contributed by atoms with Crippen molar-refractivity contribution in [1.29, 1.82) is 0 Å². The summed E-state index contributed by atoms with van der Waals surface area (Å²) < 4.78 is 39.7. The second-order valence-electron chi connectivity index (χ2n) is 8.89. The third kappa shape index (κ3) is 6.68. The topological polar surface area (TPSA) is 79.4 Å². The van der Waals surface area contributed by atoms with E-state index < -0.39 is 10.0 Å². The number of piperazine rings is 1. The molecule has 8 nitrogen and oxygen atoms in total. The average Bonchev–Trinajstić information content (AvgIpc) is 2.77. The number of hydrogen-bond donors (Lipinski definition) is 0. The SMILES string of the molecule is CC[C@@H](COCC(=O)N1CCN(C(C)C)CC1)N(CC)S(=O)(=O)c1c(C)cc(OC)cc1C. The fraction of sp³-hybridized carbons (Fsp3) is 0.708. The van der Waals surface area contributed by atoms with E-state index >= 15 is 0 Å². The maximum atomic E-state index is 13.6. The summed E-state index contributed by atoms with van der Waals surface area (Å²) >= 11 is 0. The molecule has 0 bridgehead atoms. The highest BCUT2D eigenvalue weighted by Crippen LogP contribution is 2.29. The number of amides is 1. The van der Waals surface area contributed by atoms with Gasteiger partial charge in [0.2, 0.25) is 15.9 Å². The van der Waals surface area contributed by atoms with Crippen LogP contribution in [0.1, 0.15) is 45.2 Å². The first-order chi connectivity index (χ1) is 15.6. The van der Waals surface area contributed by atoms with Crippen LogP contribution in [0.4, 0.5) is 0 Å². The van der Waals surface area contributed by atoms with Gasteiger partial charge in [0.25, 0.3) is 0 Å². The average molecular weight is 484 g/mol. The van der Waals surface area contributed by atoms with E-state index in [0.717, 1.165) is 13.1 Å². The normalized spacial score (nSPS) is 16.5. The van der Waals surface area contributed by atoms with Gasteiger partial charge < -0.3 is 14.4 Å². The Morgan fingerprint density at radius 3 is 2.12 bits per heavy atom. The second kappa shape index (κ2) is 12.1. The lowest BCUT2D eigenvalue weighted by Gasteiger charge is -2.37. The molecule has 33 heavy (non-hydrogen) atoms. The highest BCUT2D eigenvalue weighted by atomic mass is 32.2. The van der Waals surface area contributed by atoms with Crippen LogP contribution in [0.5, 0.6) is 5.75 Å². The van der Waals surface area contributed by atoms with Gasteiger partial charge in [-0.15, -0.1) is 0 Å². The Morgan fingerprint density at radius 1 is 1.09 bits per heavy atom. The zero-order valence-corrected chi connectivity index (χ0v) is 22.1. The van der Waals surface area contributed by atoms with Crippen molar-refractivity contribution in [2.75, 3.05) is 53.0 Å². The molecule has 0 radical (unpaired) electrons. The molecule has 1 saturated heterocycles. The molecule has 1 aromatic rings. The summed E-state index contributed by atoms with van der Waals surface area (Å²) in [5.74, 6) is 0.594. The molecule has 1 aliphatic heterocycles. The molecule has 1 heterocycles. The van der Waals surface area contributed by atoms with Crippen molar-refractivity contribution in [3.63, 3.8) is 0 Å². The summed E-state index contributed by atoms with van der Waals surface area (Å²) in [6.07, 6.45) is 0.586. The Labute approximate surface area is 199 Å². The van der Waals surface area contributed by atoms with Gasteiger partial charge in [0.15, 0.2) is 0 Å². The van der Waals surface area contributed by atoms with Crippen LogP contribution in [-0.2, 0) is 19.6 Å². The Balaban J connectivity index is 2.04. The number of rotatable bonds is 11. The van der Waals surface area contributed by atoms with Crippen LogP contribution < -0.4 is 4.74 Å². The minimum absolute atomic E-state index is 0.0314. The van der Waals surface area contributed by atoms with Gasteiger partial charge >= 0.3 is 0 Å². The molecular weight excluding hydrogens is 442 g/mol. The molecule has 1 aromatic carbocycles. The molecule has 1 fully saturated rings. The standard InChI is InChI=1S/C24H41N3O5S/c1-8-21(16-32-17-23(28)26-12-10-25(11-13-26)18(3)4)27(9-2)33(29,30)24-19(5)14-22(31-7)15-20(24)6/h14-15,18,21H,8-13,16-17H2,1-7H3/t21-/m0/s1. The third-order valence-electron chi connectivity index (χ3n) is 6.36. The summed E-state index contributed by atoms with van der Waals surface area (Å²) in [7, 11) is -2.17. The van der Waals surface area contributed by atoms with Gasteiger partial charge in [0.1, 0.15) is 12.4 Å². The van der Waals surface area contributed by atoms with Crippen molar-refractivity contribution in [3.8, 4) is 5.75 Å². The number of benzene rings is 1. The molecule has 0 saturated carbocycles. The van der Waals surface area contributed by atoms with E-state index in [2.05, 4.69) is 18.7 Å². The van der Waals surface area contributed by atoms with Gasteiger partial charge in [0, 0.05) is 44.8 Å². The summed E-state index contributed by atoms with van der Waals surface area (Å²) in [4.78, 5) is 17.1. The first-order valence-corrected chi connectivity index (χ1v) is 13.3. The van der Waals surface area contributed by atoms with Gasteiger partial charge in [0.05, 0.1) is 18.6 Å². The predicted molar refractivity (Wildman–Crippen MR) is 130 cm³/mol. The van der Waals surface area contributed by atoms with Crippen LogP contribution in [0.3, 0.4) is 0 Å². The zero-order chi connectivity index (χ0) is 24.8. The minimum Gasteiger partial charge on any atom is -0.497 e. The third-order valence-corrected chi connectivity index (χ3v) is 8.69. The van der Waals surface area contributed by atoms with Crippen molar-refractivity contribution in [3.05, 3.63) is 23.3 Å². The monoisotopic (exact) mass is 483 g/mol. The largest absolute Gasteiger partial charge is 0.497 e. The van der Waals surface area contributed by atoms with Crippen molar-refractivity contribution in [2.24, 2.45) is 0 Å². The number of methoxy groups -OCH3 is 1. The van der Waals surface area contributed by atoms with Gasteiger partial charge in [-0.3, -0.25) is 9.69 Å². The lowest BCUT2D eigenvalue weighted by atomic mass is 10.1. The summed E-state index contributed by atoms with van der Waals surface area (Å²) in [6.45, 7) is 15.2. The maximum absolute atomic E-state index is 13.6. The van der Waals surface area contributed by atoms with E-state index in [1.165, 1.54) is 4.31 Å². The second-order valence-corrected chi connectivity index (χ2v) is 10.7. The fourth-order valence-electron chi connectivity index (χ4n) is 4.44. The molecular formula is C24H41N3O5S. The minimum atomic E-state index is -3.74. The summed E-state index contributed by atoms with van der Waals surface area (Å²) in [5.41, 5.74) is 1.30. The van der Waals surface area contributed by atoms with Crippen molar-refractivity contribution < 1.29 is 22.7 Å². The van der Waals surface area contributed by atoms with Crippen molar-refractivity contribution in [1.82, 2.24) is 14.1 Å². The number of nitrogens with zero attached hydrogens (tertiary/aromatic N) is 3. The number of likely N-dealkylation sites (N-methyl/N-ethyl adjacent to an activating group) is 1. The molecule has 1 atom stereocenters. The van der Waals surface area contributed by atoms with Crippen LogP contribution in [0.25, 0.3) is 0 Å². The Kier molecular flexibility index (Phi) is 10.1. The molecule has 2 rings (SSSR count). The first-order valence-electron chi connectivity index (χ1n) is 11.8. The molecule has 9 heteroatoms. The molecule has 1 aliphatic rings. The number of sulfonamides is 1. The molecule has 0 spiro atoms. The van der Waals surface area contributed by atoms with Gasteiger partial charge in [-0.2, -0.15) is 4.31 Å². The van der Waals surface area contributed by atoms with E-state index in [-0.39, 0.29) is 25.2 Å². The lowest BCUT2D eigenvalue weighted by molar-refractivity contribution is -0.138. The van der Waals surface area contributed by atoms with E-state index in [0.29, 0.717) is 53.9 Å². The predicted octanol–water partition coefficient (Wildman–Crippen LogP) is 2.67. The zero-order valence-electron chi connectivity index (χ0n) is 21.3. The van der Waals surface area contributed by atoms with Crippen molar-refractivity contribution >= 4 is 15.9 Å². The first kappa shape index (κ1) is 27.6. The van der Waals surface area contributed by atoms with E-state index in [1.807, 2.05) is 18.7 Å². The summed E-state index contributed by atoms with van der Waals surface area (Å²) in [5, 5.41) is 0. The van der Waals surface area contributed by atoms with Gasteiger partial charge in [-0.05, 0) is 57.4 Å². The van der Waals surface area contributed by atoms with Gasteiger partial charge in [-0.1, -0.05) is 13.8 Å². The van der Waals surface area contributed by atoms with Crippen LogP contribution in [0.15, 0.2) is 17.0 Å². The van der Waals surface area contributed by atoms with Crippen LogP contribution in [-0.4, -0.2) is 93.6 Å².